The lowest BCUT2D eigenvalue weighted by Gasteiger charge is -2.09. The smallest absolute Gasteiger partial charge is 0.348 e. The normalized spacial score (nSPS) is 10.8. The number of nitrogens with one attached hydrogen (secondary N) is 1. The summed E-state index contributed by atoms with van der Waals surface area (Å²) in [6.07, 6.45) is 0. The summed E-state index contributed by atoms with van der Waals surface area (Å²) in [5.74, 6) is 1.90. The van der Waals surface area contributed by atoms with Crippen LogP contribution in [0.25, 0.3) is 10.2 Å². The number of fused-ring (bicyclic) bond motifs is 1. The molecule has 0 bridgehead atoms. The van der Waals surface area contributed by atoms with Crippen molar-refractivity contribution >= 4 is 33.3 Å². The van der Waals surface area contributed by atoms with Gasteiger partial charge in [-0.3, -0.25) is 0 Å². The lowest BCUT2D eigenvalue weighted by atomic mass is 10.2. The largest absolute Gasteiger partial charge is 0.497 e. The van der Waals surface area contributed by atoms with Crippen molar-refractivity contribution in [2.75, 3.05) is 19.0 Å². The van der Waals surface area contributed by atoms with Gasteiger partial charge >= 0.3 is 5.97 Å². The molecule has 3 rings (SSSR count). The summed E-state index contributed by atoms with van der Waals surface area (Å²) in [5.41, 5.74) is 1.95. The summed E-state index contributed by atoms with van der Waals surface area (Å²) in [7, 11) is 1.65. The zero-order valence-corrected chi connectivity index (χ0v) is 16.1. The van der Waals surface area contributed by atoms with Crippen molar-refractivity contribution < 1.29 is 14.3 Å². The van der Waals surface area contributed by atoms with Crippen LogP contribution in [0.5, 0.6) is 5.75 Å². The average Bonchev–Trinajstić information content (AvgIpc) is 2.97. The van der Waals surface area contributed by atoms with Crippen molar-refractivity contribution in [2.45, 2.75) is 27.3 Å². The lowest BCUT2D eigenvalue weighted by Crippen LogP contribution is -2.05. The standard InChI is InChI=1S/C19H21N3O3S/c1-5-25-19(23)16-11(2)15-17(21-12(3)22-18(15)26-16)20-10-13-6-8-14(24-4)9-7-13/h6-9H,5,10H2,1-4H3,(H,20,21,22). The molecular formula is C19H21N3O3S. The molecule has 136 valence electrons. The first kappa shape index (κ1) is 18.1. The molecule has 0 unspecified atom stereocenters. The summed E-state index contributed by atoms with van der Waals surface area (Å²) in [4.78, 5) is 22.6. The van der Waals surface area contributed by atoms with Gasteiger partial charge in [0.2, 0.25) is 0 Å². The van der Waals surface area contributed by atoms with E-state index in [0.29, 0.717) is 23.9 Å². The van der Waals surface area contributed by atoms with E-state index in [4.69, 9.17) is 9.47 Å². The van der Waals surface area contributed by atoms with Crippen LogP contribution in [0.1, 0.15) is 33.5 Å². The van der Waals surface area contributed by atoms with Crippen LogP contribution in [0.4, 0.5) is 5.82 Å². The van der Waals surface area contributed by atoms with E-state index in [0.717, 1.165) is 32.9 Å². The molecule has 6 nitrogen and oxygen atoms in total. The number of rotatable bonds is 6. The van der Waals surface area contributed by atoms with Crippen LogP contribution in [-0.2, 0) is 11.3 Å². The Bertz CT molecular complexity index is 935. The molecule has 0 amide bonds. The molecule has 0 aliphatic carbocycles. The van der Waals surface area contributed by atoms with Gasteiger partial charge in [0.05, 0.1) is 19.1 Å². The molecule has 0 saturated carbocycles. The van der Waals surface area contributed by atoms with Crippen LogP contribution in [0.15, 0.2) is 24.3 Å². The fourth-order valence-corrected chi connectivity index (χ4v) is 3.81. The maximum Gasteiger partial charge on any atom is 0.348 e. The fourth-order valence-electron chi connectivity index (χ4n) is 2.69. The van der Waals surface area contributed by atoms with Gasteiger partial charge in [0.1, 0.15) is 27.1 Å². The third-order valence-corrected chi connectivity index (χ3v) is 5.15. The van der Waals surface area contributed by atoms with Crippen LogP contribution in [0.2, 0.25) is 0 Å². The van der Waals surface area contributed by atoms with Gasteiger partial charge in [-0.05, 0) is 44.0 Å². The van der Waals surface area contributed by atoms with Gasteiger partial charge < -0.3 is 14.8 Å². The topological polar surface area (TPSA) is 73.3 Å². The highest BCUT2D eigenvalue weighted by atomic mass is 32.1. The number of anilines is 1. The number of hydrogen-bond donors (Lipinski definition) is 1. The molecule has 0 saturated heterocycles. The van der Waals surface area contributed by atoms with Crippen molar-refractivity contribution in [3.05, 3.63) is 46.1 Å². The van der Waals surface area contributed by atoms with Crippen molar-refractivity contribution in [1.82, 2.24) is 9.97 Å². The van der Waals surface area contributed by atoms with Crippen LogP contribution >= 0.6 is 11.3 Å². The molecule has 26 heavy (non-hydrogen) atoms. The molecule has 0 fully saturated rings. The molecule has 2 aromatic heterocycles. The Balaban J connectivity index is 1.92. The van der Waals surface area contributed by atoms with Gasteiger partial charge in [-0.15, -0.1) is 11.3 Å². The third-order valence-electron chi connectivity index (χ3n) is 3.98. The van der Waals surface area contributed by atoms with Gasteiger partial charge in [-0.2, -0.15) is 0 Å². The molecule has 0 aliphatic rings. The minimum absolute atomic E-state index is 0.313. The predicted octanol–water partition coefficient (Wildman–Crippen LogP) is 4.11. The number of methoxy groups -OCH3 is 1. The summed E-state index contributed by atoms with van der Waals surface area (Å²) in [5, 5.41) is 4.24. The van der Waals surface area contributed by atoms with Crippen LogP contribution in [0.3, 0.4) is 0 Å². The highest BCUT2D eigenvalue weighted by Gasteiger charge is 2.20. The van der Waals surface area contributed by atoms with E-state index in [1.807, 2.05) is 38.1 Å². The summed E-state index contributed by atoms with van der Waals surface area (Å²) in [6.45, 7) is 6.51. The molecule has 0 aliphatic heterocycles. The molecule has 0 atom stereocenters. The Morgan fingerprint density at radius 2 is 1.92 bits per heavy atom. The molecule has 0 radical (unpaired) electrons. The number of nitrogens with zero attached hydrogens (tertiary/aromatic N) is 2. The molecule has 2 heterocycles. The maximum atomic E-state index is 12.2. The first-order valence-electron chi connectivity index (χ1n) is 8.35. The Hall–Kier alpha value is -2.67. The number of carbonyl (C=O) groups excluding carboxylic acids is 1. The minimum atomic E-state index is -0.313. The number of esters is 1. The van der Waals surface area contributed by atoms with Crippen molar-refractivity contribution in [2.24, 2.45) is 0 Å². The second-order valence-corrected chi connectivity index (χ2v) is 6.78. The highest BCUT2D eigenvalue weighted by Crippen LogP contribution is 2.34. The average molecular weight is 371 g/mol. The summed E-state index contributed by atoms with van der Waals surface area (Å²) >= 11 is 1.34. The number of aryl methyl sites for hydroxylation is 2. The van der Waals surface area contributed by atoms with Gasteiger partial charge in [0.15, 0.2) is 0 Å². The maximum absolute atomic E-state index is 12.2. The number of benzene rings is 1. The monoisotopic (exact) mass is 371 g/mol. The Morgan fingerprint density at radius 1 is 1.19 bits per heavy atom. The van der Waals surface area contributed by atoms with E-state index in [1.165, 1.54) is 11.3 Å². The van der Waals surface area contributed by atoms with Gasteiger partial charge in [-0.25, -0.2) is 14.8 Å². The van der Waals surface area contributed by atoms with E-state index in [9.17, 15) is 4.79 Å². The number of hydrogen-bond acceptors (Lipinski definition) is 7. The number of aromatic nitrogens is 2. The zero-order valence-electron chi connectivity index (χ0n) is 15.3. The van der Waals surface area contributed by atoms with Gasteiger partial charge in [0.25, 0.3) is 0 Å². The SMILES string of the molecule is CCOC(=O)c1sc2nc(C)nc(NCc3ccc(OC)cc3)c2c1C. The first-order valence-corrected chi connectivity index (χ1v) is 9.16. The van der Waals surface area contributed by atoms with Crippen LogP contribution in [-0.4, -0.2) is 29.7 Å². The van der Waals surface area contributed by atoms with E-state index in [1.54, 1.807) is 14.0 Å². The fraction of sp³-hybridized carbons (Fsp3) is 0.316. The zero-order chi connectivity index (χ0) is 18.7. The Labute approximate surface area is 156 Å². The number of carbonyl (C=O) groups is 1. The highest BCUT2D eigenvalue weighted by molar-refractivity contribution is 7.20. The minimum Gasteiger partial charge on any atom is -0.497 e. The van der Waals surface area contributed by atoms with Crippen molar-refractivity contribution in [3.63, 3.8) is 0 Å². The second-order valence-electron chi connectivity index (χ2n) is 5.78. The quantitative estimate of drug-likeness (QED) is 0.658. The summed E-state index contributed by atoms with van der Waals surface area (Å²) < 4.78 is 10.3. The number of thiophene rings is 1. The molecule has 3 aromatic rings. The Morgan fingerprint density at radius 3 is 2.58 bits per heavy atom. The third kappa shape index (κ3) is 3.62. The Kier molecular flexibility index (Phi) is 5.37. The molecule has 0 spiro atoms. The lowest BCUT2D eigenvalue weighted by molar-refractivity contribution is 0.0531. The van der Waals surface area contributed by atoms with Crippen LogP contribution < -0.4 is 10.1 Å². The van der Waals surface area contributed by atoms with E-state index in [2.05, 4.69) is 15.3 Å². The summed E-state index contributed by atoms with van der Waals surface area (Å²) in [6, 6.07) is 7.85. The van der Waals surface area contributed by atoms with Crippen LogP contribution in [0, 0.1) is 13.8 Å². The molecule has 1 aromatic carbocycles. The van der Waals surface area contributed by atoms with Crippen molar-refractivity contribution in [1.29, 1.82) is 0 Å². The molecule has 1 N–H and O–H groups in total. The molecular weight excluding hydrogens is 350 g/mol. The second kappa shape index (κ2) is 7.70. The van der Waals surface area contributed by atoms with E-state index in [-0.39, 0.29) is 5.97 Å². The van der Waals surface area contributed by atoms with Crippen molar-refractivity contribution in [3.8, 4) is 5.75 Å². The first-order chi connectivity index (χ1) is 12.5. The van der Waals surface area contributed by atoms with E-state index < -0.39 is 0 Å². The van der Waals surface area contributed by atoms with Gasteiger partial charge in [-0.1, -0.05) is 12.1 Å². The number of ether oxygens (including phenoxy) is 2. The molecule has 7 heteroatoms. The van der Waals surface area contributed by atoms with Gasteiger partial charge in [0, 0.05) is 6.54 Å². The predicted molar refractivity (Wildman–Crippen MR) is 103 cm³/mol. The van der Waals surface area contributed by atoms with E-state index >= 15 is 0 Å².